The van der Waals surface area contributed by atoms with Crippen molar-refractivity contribution in [2.75, 3.05) is 19.7 Å². The van der Waals surface area contributed by atoms with Gasteiger partial charge in [-0.25, -0.2) is 4.79 Å². The van der Waals surface area contributed by atoms with Gasteiger partial charge in [0.25, 0.3) is 0 Å². The third-order valence-corrected chi connectivity index (χ3v) is 3.97. The molecule has 1 unspecified atom stereocenters. The van der Waals surface area contributed by atoms with Crippen molar-refractivity contribution in [3.63, 3.8) is 0 Å². The summed E-state index contributed by atoms with van der Waals surface area (Å²) >= 11 is 0. The molecular formula is C16H24N2O2. The summed E-state index contributed by atoms with van der Waals surface area (Å²) in [7, 11) is 0. The van der Waals surface area contributed by atoms with Gasteiger partial charge in [0, 0.05) is 13.1 Å². The quantitative estimate of drug-likeness (QED) is 0.864. The molecular weight excluding hydrogens is 252 g/mol. The number of nitrogens with zero attached hydrogens (tertiary/aromatic N) is 1. The van der Waals surface area contributed by atoms with Crippen molar-refractivity contribution in [1.82, 2.24) is 10.2 Å². The van der Waals surface area contributed by atoms with Crippen LogP contribution >= 0.6 is 0 Å². The van der Waals surface area contributed by atoms with E-state index in [1.54, 1.807) is 4.90 Å². The lowest BCUT2D eigenvalue weighted by atomic mass is 10.1. The maximum absolute atomic E-state index is 12.0. The summed E-state index contributed by atoms with van der Waals surface area (Å²) in [6.07, 6.45) is 3.78. The summed E-state index contributed by atoms with van der Waals surface area (Å²) < 4.78 is 0. The lowest BCUT2D eigenvalue weighted by molar-refractivity contribution is 0.157. The molecule has 1 saturated heterocycles. The Morgan fingerprint density at radius 3 is 2.70 bits per heavy atom. The monoisotopic (exact) mass is 276 g/mol. The Kier molecular flexibility index (Phi) is 5.41. The first-order chi connectivity index (χ1) is 9.74. The summed E-state index contributed by atoms with van der Waals surface area (Å²) in [4.78, 5) is 13.8. The van der Waals surface area contributed by atoms with Crippen LogP contribution in [0, 0.1) is 0 Å². The van der Waals surface area contributed by atoms with Gasteiger partial charge in [-0.05, 0) is 36.8 Å². The van der Waals surface area contributed by atoms with E-state index in [0.717, 1.165) is 32.2 Å². The van der Waals surface area contributed by atoms with Gasteiger partial charge in [0.15, 0.2) is 0 Å². The van der Waals surface area contributed by atoms with Crippen molar-refractivity contribution >= 4 is 6.03 Å². The Balaban J connectivity index is 1.76. The number of aliphatic hydroxyl groups excluding tert-OH is 1. The second kappa shape index (κ2) is 7.29. The van der Waals surface area contributed by atoms with E-state index in [-0.39, 0.29) is 18.7 Å². The second-order valence-electron chi connectivity index (χ2n) is 5.32. The van der Waals surface area contributed by atoms with Crippen molar-refractivity contribution < 1.29 is 9.90 Å². The second-order valence-corrected chi connectivity index (χ2v) is 5.32. The zero-order valence-electron chi connectivity index (χ0n) is 12.1. The minimum Gasteiger partial charge on any atom is -0.394 e. The average Bonchev–Trinajstić information content (AvgIpc) is 2.96. The molecule has 1 atom stereocenters. The molecule has 0 bridgehead atoms. The molecule has 0 aromatic heterocycles. The van der Waals surface area contributed by atoms with Crippen molar-refractivity contribution in [2.24, 2.45) is 0 Å². The highest BCUT2D eigenvalue weighted by Crippen LogP contribution is 2.16. The molecule has 110 valence electrons. The van der Waals surface area contributed by atoms with Crippen molar-refractivity contribution in [3.05, 3.63) is 35.4 Å². The first-order valence-corrected chi connectivity index (χ1v) is 7.47. The van der Waals surface area contributed by atoms with Gasteiger partial charge in [0.05, 0.1) is 12.6 Å². The number of likely N-dealkylation sites (tertiary alicyclic amines) is 1. The predicted octanol–water partition coefficient (Wildman–Crippen LogP) is 1.96. The fraction of sp³-hybridized carbons (Fsp3) is 0.562. The van der Waals surface area contributed by atoms with Crippen LogP contribution in [0.25, 0.3) is 0 Å². The van der Waals surface area contributed by atoms with Crippen LogP contribution in [0.3, 0.4) is 0 Å². The molecule has 2 amide bonds. The van der Waals surface area contributed by atoms with Crippen molar-refractivity contribution in [3.8, 4) is 0 Å². The number of aryl methyl sites for hydroxylation is 1. The summed E-state index contributed by atoms with van der Waals surface area (Å²) in [5, 5.41) is 12.2. The van der Waals surface area contributed by atoms with Crippen LogP contribution < -0.4 is 5.32 Å². The molecule has 2 rings (SSSR count). The molecule has 0 saturated carbocycles. The number of amides is 2. The fourth-order valence-electron chi connectivity index (χ4n) is 2.65. The molecule has 2 N–H and O–H groups in total. The first-order valence-electron chi connectivity index (χ1n) is 7.47. The summed E-state index contributed by atoms with van der Waals surface area (Å²) in [5.41, 5.74) is 2.57. The fourth-order valence-corrected chi connectivity index (χ4v) is 2.65. The molecule has 1 aliphatic rings. The number of rotatable bonds is 5. The van der Waals surface area contributed by atoms with Crippen LogP contribution in [0.4, 0.5) is 4.79 Å². The van der Waals surface area contributed by atoms with Gasteiger partial charge in [-0.1, -0.05) is 31.2 Å². The molecule has 20 heavy (non-hydrogen) atoms. The number of urea groups is 1. The zero-order valence-corrected chi connectivity index (χ0v) is 12.1. The number of aliphatic hydroxyl groups is 1. The van der Waals surface area contributed by atoms with Gasteiger partial charge in [-0.2, -0.15) is 0 Å². The SMILES string of the molecule is CCc1ccc(CCNC(=O)N2CCCC2CO)cc1. The van der Waals surface area contributed by atoms with Gasteiger partial charge < -0.3 is 15.3 Å². The van der Waals surface area contributed by atoms with E-state index in [0.29, 0.717) is 6.54 Å². The normalized spacial score (nSPS) is 18.3. The Labute approximate surface area is 120 Å². The number of hydrogen-bond acceptors (Lipinski definition) is 2. The minimum atomic E-state index is -0.0493. The van der Waals surface area contributed by atoms with Crippen LogP contribution in [0.5, 0.6) is 0 Å². The Morgan fingerprint density at radius 2 is 2.05 bits per heavy atom. The molecule has 0 aliphatic carbocycles. The molecule has 4 heteroatoms. The van der Waals surface area contributed by atoms with Gasteiger partial charge in [-0.15, -0.1) is 0 Å². The molecule has 1 aromatic carbocycles. The smallest absolute Gasteiger partial charge is 0.317 e. The Hall–Kier alpha value is -1.55. The van der Waals surface area contributed by atoms with Crippen LogP contribution in [-0.4, -0.2) is 41.8 Å². The van der Waals surface area contributed by atoms with E-state index >= 15 is 0 Å². The van der Waals surface area contributed by atoms with E-state index in [4.69, 9.17) is 0 Å². The van der Waals surface area contributed by atoms with Crippen LogP contribution in [-0.2, 0) is 12.8 Å². The topological polar surface area (TPSA) is 52.6 Å². The Morgan fingerprint density at radius 1 is 1.35 bits per heavy atom. The van der Waals surface area contributed by atoms with E-state index in [1.807, 2.05) is 0 Å². The molecule has 0 spiro atoms. The van der Waals surface area contributed by atoms with E-state index < -0.39 is 0 Å². The van der Waals surface area contributed by atoms with Crippen LogP contribution in [0.15, 0.2) is 24.3 Å². The first kappa shape index (κ1) is 14.9. The van der Waals surface area contributed by atoms with Gasteiger partial charge in [-0.3, -0.25) is 0 Å². The van der Waals surface area contributed by atoms with E-state index in [1.165, 1.54) is 11.1 Å². The number of carbonyl (C=O) groups excluding carboxylic acids is 1. The van der Waals surface area contributed by atoms with Gasteiger partial charge >= 0.3 is 6.03 Å². The highest BCUT2D eigenvalue weighted by atomic mass is 16.3. The summed E-state index contributed by atoms with van der Waals surface area (Å²) in [5.74, 6) is 0. The van der Waals surface area contributed by atoms with Crippen molar-refractivity contribution in [2.45, 2.75) is 38.6 Å². The third-order valence-electron chi connectivity index (χ3n) is 3.97. The Bertz CT molecular complexity index is 431. The summed E-state index contributed by atoms with van der Waals surface area (Å²) in [6.45, 7) is 3.59. The molecule has 0 radical (unpaired) electrons. The molecule has 1 aliphatic heterocycles. The zero-order chi connectivity index (χ0) is 14.4. The largest absolute Gasteiger partial charge is 0.394 e. The molecule has 1 aromatic rings. The summed E-state index contributed by atoms with van der Waals surface area (Å²) in [6, 6.07) is 8.47. The predicted molar refractivity (Wildman–Crippen MR) is 79.7 cm³/mol. The number of benzene rings is 1. The lowest BCUT2D eigenvalue weighted by Crippen LogP contribution is -2.44. The van der Waals surface area contributed by atoms with E-state index in [9.17, 15) is 9.90 Å². The van der Waals surface area contributed by atoms with Crippen molar-refractivity contribution in [1.29, 1.82) is 0 Å². The van der Waals surface area contributed by atoms with Gasteiger partial charge in [0.2, 0.25) is 0 Å². The number of carbonyl (C=O) groups is 1. The highest BCUT2D eigenvalue weighted by Gasteiger charge is 2.27. The highest BCUT2D eigenvalue weighted by molar-refractivity contribution is 5.74. The van der Waals surface area contributed by atoms with Crippen LogP contribution in [0.1, 0.15) is 30.9 Å². The standard InChI is InChI=1S/C16H24N2O2/c1-2-13-5-7-14(8-6-13)9-10-17-16(20)18-11-3-4-15(18)12-19/h5-8,15,19H,2-4,9-12H2,1H3,(H,17,20). The minimum absolute atomic E-state index is 0.00108. The lowest BCUT2D eigenvalue weighted by Gasteiger charge is -2.23. The maximum Gasteiger partial charge on any atom is 0.317 e. The molecule has 4 nitrogen and oxygen atoms in total. The number of nitrogens with one attached hydrogen (secondary N) is 1. The molecule has 1 fully saturated rings. The van der Waals surface area contributed by atoms with E-state index in [2.05, 4.69) is 36.5 Å². The van der Waals surface area contributed by atoms with Crippen LogP contribution in [0.2, 0.25) is 0 Å². The maximum atomic E-state index is 12.0. The number of hydrogen-bond donors (Lipinski definition) is 2. The average molecular weight is 276 g/mol. The third kappa shape index (κ3) is 3.73. The molecule has 1 heterocycles. The van der Waals surface area contributed by atoms with Gasteiger partial charge in [0.1, 0.15) is 0 Å².